The van der Waals surface area contributed by atoms with Gasteiger partial charge in [0.05, 0.1) is 18.3 Å². The number of hydrogen-bond donors (Lipinski definition) is 0. The number of aryl methyl sites for hydroxylation is 1. The fourth-order valence-corrected chi connectivity index (χ4v) is 2.45. The Morgan fingerprint density at radius 1 is 1.23 bits per heavy atom. The standard InChI is InChI=1S/C16H22BClO4/c1-15(2)16(3,4)22-17(21-15)12-10-11(6-8-13(12)18)7-9-14(19)20-5/h6,8,10H,7,9H2,1-5H3. The molecule has 0 spiro atoms. The molecule has 1 saturated heterocycles. The topological polar surface area (TPSA) is 44.8 Å². The Morgan fingerprint density at radius 2 is 1.82 bits per heavy atom. The van der Waals surface area contributed by atoms with Crippen molar-refractivity contribution in [3.05, 3.63) is 28.8 Å². The molecule has 0 bridgehead atoms. The van der Waals surface area contributed by atoms with E-state index in [2.05, 4.69) is 4.74 Å². The van der Waals surface area contributed by atoms with E-state index in [9.17, 15) is 4.79 Å². The summed E-state index contributed by atoms with van der Waals surface area (Å²) >= 11 is 6.30. The van der Waals surface area contributed by atoms with Crippen molar-refractivity contribution in [3.8, 4) is 0 Å². The molecule has 22 heavy (non-hydrogen) atoms. The Balaban J connectivity index is 2.19. The summed E-state index contributed by atoms with van der Waals surface area (Å²) in [5, 5.41) is 0.598. The first-order valence-electron chi connectivity index (χ1n) is 7.37. The number of benzene rings is 1. The van der Waals surface area contributed by atoms with Gasteiger partial charge in [-0.25, -0.2) is 0 Å². The number of hydrogen-bond acceptors (Lipinski definition) is 4. The molecule has 1 aromatic rings. The lowest BCUT2D eigenvalue weighted by Crippen LogP contribution is -2.41. The van der Waals surface area contributed by atoms with E-state index < -0.39 is 18.3 Å². The zero-order valence-electron chi connectivity index (χ0n) is 13.7. The highest BCUT2D eigenvalue weighted by atomic mass is 35.5. The monoisotopic (exact) mass is 324 g/mol. The van der Waals surface area contributed by atoms with Crippen molar-refractivity contribution in [2.75, 3.05) is 7.11 Å². The first kappa shape index (κ1) is 17.3. The molecular formula is C16H22BClO4. The minimum Gasteiger partial charge on any atom is -0.469 e. The number of esters is 1. The molecule has 1 aliphatic rings. The molecule has 4 nitrogen and oxygen atoms in total. The van der Waals surface area contributed by atoms with Crippen LogP contribution in [0.1, 0.15) is 39.7 Å². The first-order chi connectivity index (χ1) is 10.2. The van der Waals surface area contributed by atoms with E-state index in [1.54, 1.807) is 0 Å². The van der Waals surface area contributed by atoms with Gasteiger partial charge < -0.3 is 14.0 Å². The zero-order chi connectivity index (χ0) is 16.5. The van der Waals surface area contributed by atoms with Crippen LogP contribution in [-0.2, 0) is 25.3 Å². The van der Waals surface area contributed by atoms with E-state index in [4.69, 9.17) is 20.9 Å². The van der Waals surface area contributed by atoms with Gasteiger partial charge in [-0.2, -0.15) is 0 Å². The molecule has 0 unspecified atom stereocenters. The summed E-state index contributed by atoms with van der Waals surface area (Å²) in [6, 6.07) is 5.65. The number of halogens is 1. The predicted molar refractivity (Wildman–Crippen MR) is 87.5 cm³/mol. The summed E-state index contributed by atoms with van der Waals surface area (Å²) in [4.78, 5) is 11.3. The molecule has 6 heteroatoms. The number of methoxy groups -OCH3 is 1. The summed E-state index contributed by atoms with van der Waals surface area (Å²) < 4.78 is 16.7. The Bertz CT molecular complexity index is 555. The van der Waals surface area contributed by atoms with Crippen LogP contribution in [-0.4, -0.2) is 31.4 Å². The van der Waals surface area contributed by atoms with Crippen LogP contribution in [0.2, 0.25) is 5.02 Å². The summed E-state index contributed by atoms with van der Waals surface area (Å²) in [5.74, 6) is -0.230. The molecule has 120 valence electrons. The highest BCUT2D eigenvalue weighted by Gasteiger charge is 2.52. The number of carbonyl (C=O) groups excluding carboxylic acids is 1. The molecule has 0 saturated carbocycles. The zero-order valence-corrected chi connectivity index (χ0v) is 14.5. The maximum atomic E-state index is 11.3. The van der Waals surface area contributed by atoms with Gasteiger partial charge in [0, 0.05) is 16.9 Å². The molecule has 0 amide bonds. The average molecular weight is 325 g/mol. The number of rotatable bonds is 4. The Kier molecular flexibility index (Phi) is 4.90. The van der Waals surface area contributed by atoms with Gasteiger partial charge >= 0.3 is 13.1 Å². The number of ether oxygens (including phenoxy) is 1. The van der Waals surface area contributed by atoms with E-state index in [0.717, 1.165) is 11.0 Å². The van der Waals surface area contributed by atoms with Crippen molar-refractivity contribution >= 4 is 30.2 Å². The predicted octanol–water partition coefficient (Wildman–Crippen LogP) is 2.74. The lowest BCUT2D eigenvalue weighted by Gasteiger charge is -2.32. The molecule has 0 N–H and O–H groups in total. The van der Waals surface area contributed by atoms with Crippen LogP contribution in [0.3, 0.4) is 0 Å². The summed E-state index contributed by atoms with van der Waals surface area (Å²) in [5.41, 5.74) is 0.966. The Hall–Kier alpha value is -1.04. The van der Waals surface area contributed by atoms with Crippen molar-refractivity contribution in [2.45, 2.75) is 51.7 Å². The summed E-state index contributed by atoms with van der Waals surface area (Å²) in [6.07, 6.45) is 0.928. The van der Waals surface area contributed by atoms with Crippen LogP contribution in [0.15, 0.2) is 18.2 Å². The SMILES string of the molecule is COC(=O)CCc1ccc(Cl)c(B2OC(C)(C)C(C)(C)O2)c1. The average Bonchev–Trinajstić information content (AvgIpc) is 2.66. The van der Waals surface area contributed by atoms with E-state index in [0.29, 0.717) is 17.9 Å². The lowest BCUT2D eigenvalue weighted by atomic mass is 9.78. The fraction of sp³-hybridized carbons (Fsp3) is 0.562. The molecule has 1 aliphatic heterocycles. The largest absolute Gasteiger partial charge is 0.496 e. The highest BCUT2D eigenvalue weighted by molar-refractivity contribution is 6.65. The Labute approximate surface area is 137 Å². The van der Waals surface area contributed by atoms with Gasteiger partial charge in [0.25, 0.3) is 0 Å². The van der Waals surface area contributed by atoms with Gasteiger partial charge in [-0.3, -0.25) is 4.79 Å². The van der Waals surface area contributed by atoms with Crippen molar-refractivity contribution in [3.63, 3.8) is 0 Å². The van der Waals surface area contributed by atoms with Crippen LogP contribution in [0, 0.1) is 0 Å². The second-order valence-corrected chi connectivity index (χ2v) is 6.93. The van der Waals surface area contributed by atoms with E-state index in [1.165, 1.54) is 7.11 Å². The maximum Gasteiger partial charge on any atom is 0.496 e. The minimum absolute atomic E-state index is 0.230. The minimum atomic E-state index is -0.504. The van der Waals surface area contributed by atoms with Gasteiger partial charge in [0.1, 0.15) is 0 Å². The third-order valence-corrected chi connectivity index (χ3v) is 4.76. The third kappa shape index (κ3) is 3.48. The quantitative estimate of drug-likeness (QED) is 0.631. The van der Waals surface area contributed by atoms with Gasteiger partial charge in [0.15, 0.2) is 0 Å². The van der Waals surface area contributed by atoms with Crippen LogP contribution in [0.25, 0.3) is 0 Å². The third-order valence-electron chi connectivity index (χ3n) is 4.41. The molecule has 1 aromatic carbocycles. The fourth-order valence-electron chi connectivity index (χ4n) is 2.25. The molecule has 0 aliphatic carbocycles. The van der Waals surface area contributed by atoms with E-state index >= 15 is 0 Å². The first-order valence-corrected chi connectivity index (χ1v) is 7.75. The normalized spacial score (nSPS) is 19.3. The molecule has 2 rings (SSSR count). The molecule has 0 aromatic heterocycles. The van der Waals surface area contributed by atoms with E-state index in [-0.39, 0.29) is 5.97 Å². The molecule has 0 radical (unpaired) electrons. The highest BCUT2D eigenvalue weighted by Crippen LogP contribution is 2.37. The molecule has 0 atom stereocenters. The van der Waals surface area contributed by atoms with Crippen LogP contribution < -0.4 is 5.46 Å². The Morgan fingerprint density at radius 3 is 2.36 bits per heavy atom. The molecule has 1 heterocycles. The van der Waals surface area contributed by atoms with Crippen LogP contribution >= 0.6 is 11.6 Å². The van der Waals surface area contributed by atoms with Crippen molar-refractivity contribution < 1.29 is 18.8 Å². The van der Waals surface area contributed by atoms with Gasteiger partial charge in [-0.05, 0) is 45.7 Å². The van der Waals surface area contributed by atoms with Gasteiger partial charge in [-0.1, -0.05) is 23.7 Å². The summed E-state index contributed by atoms with van der Waals surface area (Å²) in [7, 11) is 0.885. The number of carbonyl (C=O) groups is 1. The summed E-state index contributed by atoms with van der Waals surface area (Å²) in [6.45, 7) is 8.01. The van der Waals surface area contributed by atoms with Gasteiger partial charge in [-0.15, -0.1) is 0 Å². The lowest BCUT2D eigenvalue weighted by molar-refractivity contribution is -0.140. The van der Waals surface area contributed by atoms with Crippen LogP contribution in [0.5, 0.6) is 0 Å². The van der Waals surface area contributed by atoms with Crippen LogP contribution in [0.4, 0.5) is 0 Å². The molecule has 1 fully saturated rings. The second kappa shape index (κ2) is 6.22. The second-order valence-electron chi connectivity index (χ2n) is 6.52. The van der Waals surface area contributed by atoms with E-state index in [1.807, 2.05) is 45.9 Å². The van der Waals surface area contributed by atoms with Crippen molar-refractivity contribution in [2.24, 2.45) is 0 Å². The molecular weight excluding hydrogens is 302 g/mol. The van der Waals surface area contributed by atoms with Crippen molar-refractivity contribution in [1.82, 2.24) is 0 Å². The smallest absolute Gasteiger partial charge is 0.469 e. The van der Waals surface area contributed by atoms with Gasteiger partial charge in [0.2, 0.25) is 0 Å². The van der Waals surface area contributed by atoms with Crippen molar-refractivity contribution in [1.29, 1.82) is 0 Å². The maximum absolute atomic E-state index is 11.3.